The molecular formula is C13H13ClFNO. The highest BCUT2D eigenvalue weighted by molar-refractivity contribution is 6.31. The van der Waals surface area contributed by atoms with E-state index in [9.17, 15) is 4.39 Å². The first kappa shape index (κ1) is 12.1. The summed E-state index contributed by atoms with van der Waals surface area (Å²) in [5.74, 6) is -0.296. The van der Waals surface area contributed by atoms with Crippen LogP contribution in [0.25, 0.3) is 0 Å². The van der Waals surface area contributed by atoms with E-state index in [-0.39, 0.29) is 11.9 Å². The predicted octanol–water partition coefficient (Wildman–Crippen LogP) is 3.77. The van der Waals surface area contributed by atoms with Gasteiger partial charge in [0.05, 0.1) is 18.6 Å². The van der Waals surface area contributed by atoms with Crippen LogP contribution in [0.5, 0.6) is 0 Å². The van der Waals surface area contributed by atoms with Gasteiger partial charge in [0.25, 0.3) is 0 Å². The Kier molecular flexibility index (Phi) is 3.82. The molecule has 0 aliphatic rings. The van der Waals surface area contributed by atoms with Gasteiger partial charge in [-0.25, -0.2) is 4.39 Å². The van der Waals surface area contributed by atoms with E-state index in [1.165, 1.54) is 12.1 Å². The first-order chi connectivity index (χ1) is 8.22. The lowest BCUT2D eigenvalue weighted by molar-refractivity contribution is 0.551. The molecule has 0 saturated heterocycles. The van der Waals surface area contributed by atoms with Gasteiger partial charge in [-0.05, 0) is 36.4 Å². The second-order valence-electron chi connectivity index (χ2n) is 3.71. The van der Waals surface area contributed by atoms with Crippen molar-refractivity contribution in [2.75, 3.05) is 6.54 Å². The smallest absolute Gasteiger partial charge is 0.123 e. The Hall–Kier alpha value is -1.32. The molecule has 1 aromatic carbocycles. The molecule has 0 bridgehead atoms. The fraction of sp³-hybridized carbons (Fsp3) is 0.231. The fourth-order valence-electron chi connectivity index (χ4n) is 1.79. The summed E-state index contributed by atoms with van der Waals surface area (Å²) in [5.41, 5.74) is 1.65. The molecule has 0 spiro atoms. The SMILES string of the molecule is CCNC(c1ccoc1)c1cc(F)ccc1Cl. The van der Waals surface area contributed by atoms with Gasteiger partial charge < -0.3 is 9.73 Å². The van der Waals surface area contributed by atoms with E-state index in [0.717, 1.165) is 17.7 Å². The van der Waals surface area contributed by atoms with Crippen LogP contribution in [0.15, 0.2) is 41.2 Å². The van der Waals surface area contributed by atoms with E-state index in [4.69, 9.17) is 16.0 Å². The summed E-state index contributed by atoms with van der Waals surface area (Å²) in [6.07, 6.45) is 3.22. The molecule has 1 atom stereocenters. The number of furan rings is 1. The van der Waals surface area contributed by atoms with Crippen LogP contribution >= 0.6 is 11.6 Å². The maximum absolute atomic E-state index is 13.3. The van der Waals surface area contributed by atoms with Gasteiger partial charge in [0, 0.05) is 10.6 Å². The molecule has 1 unspecified atom stereocenters. The van der Waals surface area contributed by atoms with Gasteiger partial charge >= 0.3 is 0 Å². The summed E-state index contributed by atoms with van der Waals surface area (Å²) in [6, 6.07) is 6.06. The lowest BCUT2D eigenvalue weighted by atomic mass is 10.0. The second kappa shape index (κ2) is 5.34. The largest absolute Gasteiger partial charge is 0.472 e. The minimum atomic E-state index is -0.296. The van der Waals surface area contributed by atoms with E-state index in [1.807, 2.05) is 13.0 Å². The van der Waals surface area contributed by atoms with Gasteiger partial charge in [-0.2, -0.15) is 0 Å². The fourth-order valence-corrected chi connectivity index (χ4v) is 2.01. The van der Waals surface area contributed by atoms with Crippen molar-refractivity contribution in [3.8, 4) is 0 Å². The molecule has 90 valence electrons. The highest BCUT2D eigenvalue weighted by Crippen LogP contribution is 2.29. The zero-order valence-electron chi connectivity index (χ0n) is 9.41. The molecule has 0 saturated carbocycles. The Morgan fingerprint density at radius 2 is 2.24 bits per heavy atom. The summed E-state index contributed by atoms with van der Waals surface area (Å²) in [6.45, 7) is 2.74. The summed E-state index contributed by atoms with van der Waals surface area (Å²) >= 11 is 6.11. The Bertz CT molecular complexity index is 484. The molecule has 0 fully saturated rings. The zero-order chi connectivity index (χ0) is 12.3. The van der Waals surface area contributed by atoms with Gasteiger partial charge in [-0.15, -0.1) is 0 Å². The monoisotopic (exact) mass is 253 g/mol. The highest BCUT2D eigenvalue weighted by atomic mass is 35.5. The third-order valence-corrected chi connectivity index (χ3v) is 2.90. The molecule has 0 aliphatic heterocycles. The Balaban J connectivity index is 2.42. The van der Waals surface area contributed by atoms with Crippen LogP contribution in [-0.4, -0.2) is 6.54 Å². The number of hydrogen-bond donors (Lipinski definition) is 1. The van der Waals surface area contributed by atoms with Crippen LogP contribution in [0.2, 0.25) is 5.02 Å². The van der Waals surface area contributed by atoms with Crippen LogP contribution in [0, 0.1) is 5.82 Å². The van der Waals surface area contributed by atoms with Crippen molar-refractivity contribution in [2.24, 2.45) is 0 Å². The normalized spacial score (nSPS) is 12.6. The summed E-state index contributed by atoms with van der Waals surface area (Å²) in [5, 5.41) is 3.80. The van der Waals surface area contributed by atoms with E-state index in [0.29, 0.717) is 5.02 Å². The molecule has 2 rings (SSSR count). The lowest BCUT2D eigenvalue weighted by Crippen LogP contribution is -2.22. The van der Waals surface area contributed by atoms with Crippen LogP contribution < -0.4 is 5.32 Å². The minimum Gasteiger partial charge on any atom is -0.472 e. The first-order valence-electron chi connectivity index (χ1n) is 5.42. The third kappa shape index (κ3) is 2.68. The Morgan fingerprint density at radius 1 is 1.41 bits per heavy atom. The van der Waals surface area contributed by atoms with Crippen LogP contribution in [0.4, 0.5) is 4.39 Å². The first-order valence-corrected chi connectivity index (χ1v) is 5.80. The van der Waals surface area contributed by atoms with Crippen molar-refractivity contribution in [3.63, 3.8) is 0 Å². The zero-order valence-corrected chi connectivity index (χ0v) is 10.2. The van der Waals surface area contributed by atoms with Crippen molar-refractivity contribution in [1.82, 2.24) is 5.32 Å². The van der Waals surface area contributed by atoms with E-state index < -0.39 is 0 Å². The highest BCUT2D eigenvalue weighted by Gasteiger charge is 2.17. The molecule has 0 radical (unpaired) electrons. The van der Waals surface area contributed by atoms with Crippen molar-refractivity contribution < 1.29 is 8.81 Å². The van der Waals surface area contributed by atoms with Crippen LogP contribution in [-0.2, 0) is 0 Å². The van der Waals surface area contributed by atoms with Gasteiger partial charge in [0.2, 0.25) is 0 Å². The van der Waals surface area contributed by atoms with Gasteiger partial charge in [-0.1, -0.05) is 18.5 Å². The topological polar surface area (TPSA) is 25.2 Å². The standard InChI is InChI=1S/C13H13ClFNO/c1-2-16-13(9-5-6-17-8-9)11-7-10(15)3-4-12(11)14/h3-8,13,16H,2H2,1H3. The van der Waals surface area contributed by atoms with Gasteiger partial charge in [-0.3, -0.25) is 0 Å². The molecule has 1 heterocycles. The van der Waals surface area contributed by atoms with Crippen molar-refractivity contribution in [2.45, 2.75) is 13.0 Å². The molecule has 1 N–H and O–H groups in total. The second-order valence-corrected chi connectivity index (χ2v) is 4.12. The maximum Gasteiger partial charge on any atom is 0.123 e. The van der Waals surface area contributed by atoms with Gasteiger partial charge in [0.1, 0.15) is 5.82 Å². The van der Waals surface area contributed by atoms with E-state index in [1.54, 1.807) is 18.6 Å². The summed E-state index contributed by atoms with van der Waals surface area (Å²) in [7, 11) is 0. The van der Waals surface area contributed by atoms with Crippen molar-refractivity contribution in [1.29, 1.82) is 0 Å². The molecule has 2 aromatic rings. The number of rotatable bonds is 4. The Morgan fingerprint density at radius 3 is 2.88 bits per heavy atom. The molecule has 0 aliphatic carbocycles. The number of hydrogen-bond acceptors (Lipinski definition) is 2. The third-order valence-electron chi connectivity index (χ3n) is 2.55. The molecule has 17 heavy (non-hydrogen) atoms. The minimum absolute atomic E-state index is 0.151. The molecule has 4 heteroatoms. The van der Waals surface area contributed by atoms with E-state index >= 15 is 0 Å². The number of nitrogens with one attached hydrogen (secondary N) is 1. The van der Waals surface area contributed by atoms with Gasteiger partial charge in [0.15, 0.2) is 0 Å². The molecule has 1 aromatic heterocycles. The maximum atomic E-state index is 13.3. The Labute approximate surface area is 104 Å². The number of halogens is 2. The average Bonchev–Trinajstić information content (AvgIpc) is 2.83. The molecule has 2 nitrogen and oxygen atoms in total. The number of benzene rings is 1. The lowest BCUT2D eigenvalue weighted by Gasteiger charge is -2.18. The summed E-state index contributed by atoms with van der Waals surface area (Å²) < 4.78 is 18.3. The van der Waals surface area contributed by atoms with Crippen LogP contribution in [0.3, 0.4) is 0 Å². The summed E-state index contributed by atoms with van der Waals surface area (Å²) in [4.78, 5) is 0. The molecular weight excluding hydrogens is 241 g/mol. The quantitative estimate of drug-likeness (QED) is 0.897. The molecule has 0 amide bonds. The van der Waals surface area contributed by atoms with Crippen LogP contribution in [0.1, 0.15) is 24.1 Å². The van der Waals surface area contributed by atoms with Crippen molar-refractivity contribution in [3.05, 3.63) is 58.8 Å². The van der Waals surface area contributed by atoms with Crippen molar-refractivity contribution >= 4 is 11.6 Å². The predicted molar refractivity (Wildman–Crippen MR) is 65.6 cm³/mol. The van der Waals surface area contributed by atoms with E-state index in [2.05, 4.69) is 5.32 Å². The average molecular weight is 254 g/mol.